The highest BCUT2D eigenvalue weighted by molar-refractivity contribution is 5.68. The first kappa shape index (κ1) is 16.7. The van der Waals surface area contributed by atoms with E-state index in [-0.39, 0.29) is 23.9 Å². The molecule has 1 aromatic rings. The van der Waals surface area contributed by atoms with Crippen LogP contribution in [0.1, 0.15) is 23.6 Å². The predicted octanol–water partition coefficient (Wildman–Crippen LogP) is 1.71. The van der Waals surface area contributed by atoms with Gasteiger partial charge in [-0.3, -0.25) is 10.1 Å². The second kappa shape index (κ2) is 7.07. The second-order valence-electron chi connectivity index (χ2n) is 5.45. The van der Waals surface area contributed by atoms with Gasteiger partial charge in [-0.25, -0.2) is 4.79 Å². The van der Waals surface area contributed by atoms with Crippen LogP contribution in [0.15, 0.2) is 12.1 Å². The first-order chi connectivity index (χ1) is 10.9. The van der Waals surface area contributed by atoms with Crippen molar-refractivity contribution >= 4 is 11.8 Å². The standard InChI is InChI=1S/C15H18N4O4/c1-10-8-17-3-4-18(10)15(20)23-9-13-5-12(7-16)6-14(11(13)2)19(21)22/h5-6,10,17H,3-4,8-9H2,1-2H3. The van der Waals surface area contributed by atoms with Gasteiger partial charge in [-0.2, -0.15) is 5.26 Å². The molecule has 1 aliphatic rings. The maximum Gasteiger partial charge on any atom is 0.410 e. The van der Waals surface area contributed by atoms with Crippen molar-refractivity contribution in [3.63, 3.8) is 0 Å². The van der Waals surface area contributed by atoms with Crippen molar-refractivity contribution in [1.29, 1.82) is 5.26 Å². The molecule has 0 radical (unpaired) electrons. The lowest BCUT2D eigenvalue weighted by Crippen LogP contribution is -2.52. The number of nitriles is 1. The molecule has 1 amide bonds. The van der Waals surface area contributed by atoms with Gasteiger partial charge in [-0.1, -0.05) is 0 Å². The molecule has 0 bridgehead atoms. The summed E-state index contributed by atoms with van der Waals surface area (Å²) in [6.45, 7) is 5.35. The van der Waals surface area contributed by atoms with Crippen LogP contribution >= 0.6 is 0 Å². The first-order valence-corrected chi connectivity index (χ1v) is 7.26. The van der Waals surface area contributed by atoms with Crippen LogP contribution in [0.2, 0.25) is 0 Å². The number of carbonyl (C=O) groups is 1. The summed E-state index contributed by atoms with van der Waals surface area (Å²) in [7, 11) is 0. The fourth-order valence-corrected chi connectivity index (χ4v) is 2.50. The quantitative estimate of drug-likeness (QED) is 0.671. The van der Waals surface area contributed by atoms with Gasteiger partial charge in [0, 0.05) is 42.9 Å². The summed E-state index contributed by atoms with van der Waals surface area (Å²) in [6.07, 6.45) is -0.455. The van der Waals surface area contributed by atoms with Gasteiger partial charge in [0.2, 0.25) is 0 Å². The van der Waals surface area contributed by atoms with Gasteiger partial charge >= 0.3 is 6.09 Å². The van der Waals surface area contributed by atoms with Crippen LogP contribution in [0.3, 0.4) is 0 Å². The molecule has 0 spiro atoms. The lowest BCUT2D eigenvalue weighted by molar-refractivity contribution is -0.385. The number of nitro benzene ring substituents is 1. The number of rotatable bonds is 3. The Labute approximate surface area is 133 Å². The molecular formula is C15H18N4O4. The van der Waals surface area contributed by atoms with Gasteiger partial charge < -0.3 is 15.0 Å². The molecule has 1 aliphatic heterocycles. The van der Waals surface area contributed by atoms with Crippen molar-refractivity contribution in [3.05, 3.63) is 38.9 Å². The van der Waals surface area contributed by atoms with Crippen LogP contribution in [0, 0.1) is 28.4 Å². The molecule has 0 aliphatic carbocycles. The Morgan fingerprint density at radius 3 is 2.96 bits per heavy atom. The number of nitro groups is 1. The minimum Gasteiger partial charge on any atom is -0.445 e. The minimum absolute atomic E-state index is 0.0251. The average Bonchev–Trinajstić information content (AvgIpc) is 2.53. The zero-order valence-corrected chi connectivity index (χ0v) is 13.0. The molecule has 8 heteroatoms. The molecule has 1 fully saturated rings. The minimum atomic E-state index is -0.542. The predicted molar refractivity (Wildman–Crippen MR) is 81.8 cm³/mol. The first-order valence-electron chi connectivity index (χ1n) is 7.26. The molecule has 8 nitrogen and oxygen atoms in total. The van der Waals surface area contributed by atoms with Crippen LogP contribution < -0.4 is 5.32 Å². The number of benzene rings is 1. The van der Waals surface area contributed by atoms with Crippen LogP contribution in [-0.2, 0) is 11.3 Å². The van der Waals surface area contributed by atoms with E-state index in [1.165, 1.54) is 12.1 Å². The summed E-state index contributed by atoms with van der Waals surface area (Å²) < 4.78 is 5.28. The summed E-state index contributed by atoms with van der Waals surface area (Å²) in [5, 5.41) is 23.2. The van der Waals surface area contributed by atoms with E-state index in [0.717, 1.165) is 0 Å². The molecule has 1 N–H and O–H groups in total. The fraction of sp³-hybridized carbons (Fsp3) is 0.467. The van der Waals surface area contributed by atoms with Gasteiger partial charge in [0.05, 0.1) is 16.6 Å². The Hall–Kier alpha value is -2.66. The number of amides is 1. The fourth-order valence-electron chi connectivity index (χ4n) is 2.50. The van der Waals surface area contributed by atoms with Gasteiger partial charge in [0.15, 0.2) is 0 Å². The highest BCUT2D eigenvalue weighted by Crippen LogP contribution is 2.24. The molecule has 1 heterocycles. The molecule has 122 valence electrons. The monoisotopic (exact) mass is 318 g/mol. The van der Waals surface area contributed by atoms with Crippen molar-refractivity contribution in [3.8, 4) is 6.07 Å². The van der Waals surface area contributed by atoms with Crippen molar-refractivity contribution in [2.45, 2.75) is 26.5 Å². The average molecular weight is 318 g/mol. The van der Waals surface area contributed by atoms with E-state index < -0.39 is 11.0 Å². The van der Waals surface area contributed by atoms with Gasteiger partial charge in [0.1, 0.15) is 6.61 Å². The summed E-state index contributed by atoms with van der Waals surface area (Å²) in [5.41, 5.74) is 0.886. The van der Waals surface area contributed by atoms with E-state index in [4.69, 9.17) is 10.00 Å². The number of ether oxygens (including phenoxy) is 1. The Morgan fingerprint density at radius 1 is 1.61 bits per heavy atom. The number of nitrogens with zero attached hydrogens (tertiary/aromatic N) is 3. The second-order valence-corrected chi connectivity index (χ2v) is 5.45. The zero-order valence-electron chi connectivity index (χ0n) is 13.0. The largest absolute Gasteiger partial charge is 0.445 e. The van der Waals surface area contributed by atoms with Crippen LogP contribution in [-0.4, -0.2) is 41.6 Å². The van der Waals surface area contributed by atoms with Crippen LogP contribution in [0.4, 0.5) is 10.5 Å². The molecule has 1 unspecified atom stereocenters. The zero-order chi connectivity index (χ0) is 17.0. The Kier molecular flexibility index (Phi) is 5.13. The lowest BCUT2D eigenvalue weighted by atomic mass is 10.0. The van der Waals surface area contributed by atoms with Gasteiger partial charge in [-0.05, 0) is 19.9 Å². The van der Waals surface area contributed by atoms with Gasteiger partial charge in [-0.15, -0.1) is 0 Å². The molecule has 2 rings (SSSR count). The molecule has 0 saturated carbocycles. The highest BCUT2D eigenvalue weighted by Gasteiger charge is 2.25. The topological polar surface area (TPSA) is 108 Å². The summed E-state index contributed by atoms with van der Waals surface area (Å²) in [6, 6.07) is 4.64. The number of carbonyl (C=O) groups excluding carboxylic acids is 1. The molecular weight excluding hydrogens is 300 g/mol. The Morgan fingerprint density at radius 2 is 2.35 bits per heavy atom. The normalized spacial score (nSPS) is 17.4. The molecule has 0 aromatic heterocycles. The molecule has 1 saturated heterocycles. The highest BCUT2D eigenvalue weighted by atomic mass is 16.6. The number of piperazine rings is 1. The van der Waals surface area contributed by atoms with Crippen molar-refractivity contribution in [2.24, 2.45) is 0 Å². The number of nitrogens with one attached hydrogen (secondary N) is 1. The lowest BCUT2D eigenvalue weighted by Gasteiger charge is -2.33. The van der Waals surface area contributed by atoms with Gasteiger partial charge in [0.25, 0.3) is 5.69 Å². The van der Waals surface area contributed by atoms with Crippen molar-refractivity contribution in [2.75, 3.05) is 19.6 Å². The number of hydrogen-bond donors (Lipinski definition) is 1. The van der Waals surface area contributed by atoms with Crippen LogP contribution in [0.5, 0.6) is 0 Å². The summed E-state index contributed by atoms with van der Waals surface area (Å²) in [5.74, 6) is 0. The number of hydrogen-bond acceptors (Lipinski definition) is 6. The van der Waals surface area contributed by atoms with E-state index in [1.54, 1.807) is 11.8 Å². The SMILES string of the molecule is Cc1c(COC(=O)N2CCNCC2C)cc(C#N)cc1[N+](=O)[O-]. The molecule has 1 atom stereocenters. The molecule has 23 heavy (non-hydrogen) atoms. The van der Waals surface area contributed by atoms with E-state index in [2.05, 4.69) is 5.32 Å². The van der Waals surface area contributed by atoms with Crippen molar-refractivity contribution < 1.29 is 14.5 Å². The Balaban J connectivity index is 2.14. The third kappa shape index (κ3) is 3.76. The maximum atomic E-state index is 12.1. The molecule has 1 aromatic carbocycles. The third-order valence-corrected chi connectivity index (χ3v) is 3.90. The van der Waals surface area contributed by atoms with Crippen molar-refractivity contribution in [1.82, 2.24) is 10.2 Å². The van der Waals surface area contributed by atoms with E-state index in [9.17, 15) is 14.9 Å². The van der Waals surface area contributed by atoms with E-state index in [0.29, 0.717) is 30.8 Å². The summed E-state index contributed by atoms with van der Waals surface area (Å²) >= 11 is 0. The van der Waals surface area contributed by atoms with E-state index in [1.807, 2.05) is 13.0 Å². The summed E-state index contributed by atoms with van der Waals surface area (Å²) in [4.78, 5) is 24.3. The Bertz CT molecular complexity index is 668. The van der Waals surface area contributed by atoms with E-state index >= 15 is 0 Å². The maximum absolute atomic E-state index is 12.1. The van der Waals surface area contributed by atoms with Crippen LogP contribution in [0.25, 0.3) is 0 Å². The third-order valence-electron chi connectivity index (χ3n) is 3.90. The smallest absolute Gasteiger partial charge is 0.410 e.